The van der Waals surface area contributed by atoms with Gasteiger partial charge in [-0.3, -0.25) is 9.59 Å². The number of anilines is 1. The molecule has 1 saturated carbocycles. The van der Waals surface area contributed by atoms with E-state index >= 15 is 0 Å². The van der Waals surface area contributed by atoms with Crippen LogP contribution in [0.1, 0.15) is 70.3 Å². The third-order valence-electron chi connectivity index (χ3n) is 6.03. The summed E-state index contributed by atoms with van der Waals surface area (Å²) in [4.78, 5) is 29.7. The topological polar surface area (TPSA) is 40.6 Å². The minimum Gasteiger partial charge on any atom is -0.330 e. The van der Waals surface area contributed by atoms with Crippen molar-refractivity contribution < 1.29 is 9.59 Å². The van der Waals surface area contributed by atoms with Crippen LogP contribution < -0.4 is 4.90 Å². The number of nitrogens with zero attached hydrogens (tertiary/aromatic N) is 2. The summed E-state index contributed by atoms with van der Waals surface area (Å²) in [6, 6.07) is 7.88. The molecular weight excluding hydrogens is 324 g/mol. The number of hydrogen-bond acceptors (Lipinski definition) is 2. The van der Waals surface area contributed by atoms with Crippen LogP contribution in [0.15, 0.2) is 24.3 Å². The van der Waals surface area contributed by atoms with E-state index < -0.39 is 0 Å². The fourth-order valence-corrected chi connectivity index (χ4v) is 4.31. The third kappa shape index (κ3) is 3.94. The average molecular weight is 357 g/mol. The van der Waals surface area contributed by atoms with Crippen LogP contribution in [0, 0.1) is 5.92 Å². The second-order valence-electron chi connectivity index (χ2n) is 8.17. The number of carbonyl (C=O) groups is 2. The van der Waals surface area contributed by atoms with Gasteiger partial charge >= 0.3 is 0 Å². The molecule has 3 rings (SSSR count). The number of rotatable bonds is 4. The average Bonchev–Trinajstić information content (AvgIpc) is 3.16. The van der Waals surface area contributed by atoms with E-state index in [9.17, 15) is 9.59 Å². The highest BCUT2D eigenvalue weighted by Gasteiger charge is 2.38. The van der Waals surface area contributed by atoms with Gasteiger partial charge in [-0.1, -0.05) is 45.2 Å². The first kappa shape index (κ1) is 18.9. The Hall–Kier alpha value is -1.84. The van der Waals surface area contributed by atoms with E-state index in [-0.39, 0.29) is 23.8 Å². The summed E-state index contributed by atoms with van der Waals surface area (Å²) in [6.45, 7) is 5.04. The Labute approximate surface area is 157 Å². The molecular formula is C22H32N2O2. The molecule has 4 heteroatoms. The molecule has 1 aliphatic heterocycles. The number of benzene rings is 1. The zero-order chi connectivity index (χ0) is 18.7. The molecule has 2 amide bonds. The molecule has 1 unspecified atom stereocenters. The molecule has 0 bridgehead atoms. The second kappa shape index (κ2) is 8.24. The fraction of sp³-hybridized carbons (Fsp3) is 0.636. The summed E-state index contributed by atoms with van der Waals surface area (Å²) >= 11 is 0. The Kier molecular flexibility index (Phi) is 6.00. The van der Waals surface area contributed by atoms with Gasteiger partial charge in [0, 0.05) is 25.2 Å². The Bertz CT molecular complexity index is 649. The molecule has 1 aliphatic carbocycles. The molecule has 0 aromatic heterocycles. The number of likely N-dealkylation sites (tertiary alicyclic amines) is 1. The first-order chi connectivity index (χ1) is 12.5. The maximum atomic E-state index is 13.2. The van der Waals surface area contributed by atoms with Crippen molar-refractivity contribution in [3.8, 4) is 0 Å². The van der Waals surface area contributed by atoms with Crippen LogP contribution in [0.25, 0.3) is 0 Å². The van der Waals surface area contributed by atoms with Gasteiger partial charge in [0.05, 0.1) is 0 Å². The molecule has 2 aliphatic rings. The van der Waals surface area contributed by atoms with E-state index in [0.29, 0.717) is 5.92 Å². The van der Waals surface area contributed by atoms with Crippen LogP contribution in [-0.4, -0.2) is 36.3 Å². The maximum absolute atomic E-state index is 13.2. The van der Waals surface area contributed by atoms with Crippen molar-refractivity contribution in [1.82, 2.24) is 4.90 Å². The van der Waals surface area contributed by atoms with Gasteiger partial charge in [0.2, 0.25) is 11.8 Å². The van der Waals surface area contributed by atoms with Crippen molar-refractivity contribution in [2.45, 2.75) is 70.8 Å². The van der Waals surface area contributed by atoms with Crippen LogP contribution in [0.4, 0.5) is 5.69 Å². The van der Waals surface area contributed by atoms with Crippen molar-refractivity contribution in [1.29, 1.82) is 0 Å². The predicted octanol–water partition coefficient (Wildman–Crippen LogP) is 4.34. The molecule has 1 saturated heterocycles. The first-order valence-corrected chi connectivity index (χ1v) is 10.2. The van der Waals surface area contributed by atoms with E-state index in [1.165, 1.54) is 12.0 Å². The van der Waals surface area contributed by atoms with Gasteiger partial charge in [-0.15, -0.1) is 0 Å². The van der Waals surface area contributed by atoms with Gasteiger partial charge in [0.25, 0.3) is 0 Å². The SMILES string of the molecule is CC(C)c1cccc(N(C)C(=O)C2CCCN2C(=O)C2CCCCC2)c1. The van der Waals surface area contributed by atoms with Crippen molar-refractivity contribution >= 4 is 17.5 Å². The molecule has 2 fully saturated rings. The monoisotopic (exact) mass is 356 g/mol. The number of hydrogen-bond donors (Lipinski definition) is 0. The Morgan fingerprint density at radius 1 is 1.08 bits per heavy atom. The highest BCUT2D eigenvalue weighted by atomic mass is 16.2. The Morgan fingerprint density at radius 2 is 1.81 bits per heavy atom. The van der Waals surface area contributed by atoms with Crippen LogP contribution in [0.3, 0.4) is 0 Å². The lowest BCUT2D eigenvalue weighted by atomic mass is 9.88. The number of carbonyl (C=O) groups excluding carboxylic acids is 2. The minimum atomic E-state index is -0.294. The molecule has 26 heavy (non-hydrogen) atoms. The van der Waals surface area contributed by atoms with Crippen LogP contribution in [0.2, 0.25) is 0 Å². The van der Waals surface area contributed by atoms with Gasteiger partial charge in [0.15, 0.2) is 0 Å². The highest BCUT2D eigenvalue weighted by molar-refractivity contribution is 5.99. The quantitative estimate of drug-likeness (QED) is 0.805. The molecule has 1 heterocycles. The molecule has 0 radical (unpaired) electrons. The molecule has 0 spiro atoms. The largest absolute Gasteiger partial charge is 0.330 e. The van der Waals surface area contributed by atoms with E-state index in [1.807, 2.05) is 24.1 Å². The number of amides is 2. The van der Waals surface area contributed by atoms with Crippen LogP contribution >= 0.6 is 0 Å². The fourth-order valence-electron chi connectivity index (χ4n) is 4.31. The van der Waals surface area contributed by atoms with Crippen molar-refractivity contribution in [2.75, 3.05) is 18.5 Å². The van der Waals surface area contributed by atoms with E-state index in [4.69, 9.17) is 0 Å². The smallest absolute Gasteiger partial charge is 0.249 e. The number of likely N-dealkylation sites (N-methyl/N-ethyl adjacent to an activating group) is 1. The van der Waals surface area contributed by atoms with E-state index in [2.05, 4.69) is 26.0 Å². The zero-order valence-corrected chi connectivity index (χ0v) is 16.4. The molecule has 1 aromatic carbocycles. The minimum absolute atomic E-state index is 0.0487. The van der Waals surface area contributed by atoms with Crippen LogP contribution in [-0.2, 0) is 9.59 Å². The standard InChI is InChI=1S/C22H32N2O2/c1-16(2)18-11-7-12-19(15-18)23(3)22(26)20-13-8-14-24(20)21(25)17-9-5-4-6-10-17/h7,11-12,15-17,20H,4-6,8-10,13-14H2,1-3H3. The van der Waals surface area contributed by atoms with Gasteiger partial charge in [-0.05, 0) is 49.3 Å². The lowest BCUT2D eigenvalue weighted by molar-refractivity contribution is -0.141. The summed E-state index contributed by atoms with van der Waals surface area (Å²) in [5.74, 6) is 0.818. The lowest BCUT2D eigenvalue weighted by Crippen LogP contribution is -2.48. The van der Waals surface area contributed by atoms with Crippen molar-refractivity contribution in [2.24, 2.45) is 5.92 Å². The molecule has 0 N–H and O–H groups in total. The van der Waals surface area contributed by atoms with Crippen LogP contribution in [0.5, 0.6) is 0 Å². The highest BCUT2D eigenvalue weighted by Crippen LogP contribution is 2.30. The molecule has 4 nitrogen and oxygen atoms in total. The zero-order valence-electron chi connectivity index (χ0n) is 16.4. The molecule has 1 atom stereocenters. The summed E-state index contributed by atoms with van der Waals surface area (Å²) < 4.78 is 0. The van der Waals surface area contributed by atoms with Crippen molar-refractivity contribution in [3.63, 3.8) is 0 Å². The van der Waals surface area contributed by atoms with Gasteiger partial charge in [-0.2, -0.15) is 0 Å². The second-order valence-corrected chi connectivity index (χ2v) is 8.17. The van der Waals surface area contributed by atoms with E-state index in [0.717, 1.165) is 50.8 Å². The Balaban J connectivity index is 1.73. The van der Waals surface area contributed by atoms with E-state index in [1.54, 1.807) is 4.90 Å². The van der Waals surface area contributed by atoms with Gasteiger partial charge in [-0.25, -0.2) is 0 Å². The Morgan fingerprint density at radius 3 is 2.50 bits per heavy atom. The summed E-state index contributed by atoms with van der Waals surface area (Å²) in [5, 5.41) is 0. The third-order valence-corrected chi connectivity index (χ3v) is 6.03. The normalized spacial score (nSPS) is 21.2. The summed E-state index contributed by atoms with van der Waals surface area (Å²) in [5.41, 5.74) is 2.14. The molecule has 142 valence electrons. The van der Waals surface area contributed by atoms with Crippen molar-refractivity contribution in [3.05, 3.63) is 29.8 Å². The summed E-state index contributed by atoms with van der Waals surface area (Å²) in [7, 11) is 1.84. The maximum Gasteiger partial charge on any atom is 0.249 e. The first-order valence-electron chi connectivity index (χ1n) is 10.2. The lowest BCUT2D eigenvalue weighted by Gasteiger charge is -2.32. The van der Waals surface area contributed by atoms with Gasteiger partial charge < -0.3 is 9.80 Å². The predicted molar refractivity (Wildman–Crippen MR) is 105 cm³/mol. The summed E-state index contributed by atoms with van der Waals surface area (Å²) in [6.07, 6.45) is 7.21. The molecule has 1 aromatic rings. The van der Waals surface area contributed by atoms with Gasteiger partial charge in [0.1, 0.15) is 6.04 Å².